The van der Waals surface area contributed by atoms with Crippen molar-refractivity contribution in [3.05, 3.63) is 35.6 Å². The minimum atomic E-state index is -0.353. The van der Waals surface area contributed by atoms with E-state index in [1.165, 1.54) is 12.1 Å². The molecule has 82 valence electrons. The number of hydrogen-bond donors (Lipinski definition) is 1. The van der Waals surface area contributed by atoms with Gasteiger partial charge in [0.25, 0.3) is 0 Å². The predicted octanol–water partition coefficient (Wildman–Crippen LogP) is 1.29. The van der Waals surface area contributed by atoms with Gasteiger partial charge in [-0.1, -0.05) is 12.1 Å². The van der Waals surface area contributed by atoms with Crippen LogP contribution < -0.4 is 0 Å². The van der Waals surface area contributed by atoms with Gasteiger partial charge in [-0.15, -0.1) is 0 Å². The monoisotopic (exact) mass is 212 g/mol. The average molecular weight is 212 g/mol. The molecule has 15 heavy (non-hydrogen) atoms. The molecule has 1 rings (SSSR count). The van der Waals surface area contributed by atoms with E-state index in [0.29, 0.717) is 6.42 Å². The highest BCUT2D eigenvalue weighted by Crippen LogP contribution is 2.05. The molecular weight excluding hydrogens is 199 g/mol. The lowest BCUT2D eigenvalue weighted by molar-refractivity contribution is -0.144. The van der Waals surface area contributed by atoms with Gasteiger partial charge in [-0.05, 0) is 24.1 Å². The second kappa shape index (κ2) is 6.14. The summed E-state index contributed by atoms with van der Waals surface area (Å²) in [6.45, 7) is -0.134. The Morgan fingerprint density at radius 1 is 1.33 bits per heavy atom. The Hall–Kier alpha value is -1.42. The highest BCUT2D eigenvalue weighted by atomic mass is 19.1. The third-order valence-corrected chi connectivity index (χ3v) is 1.89. The second-order valence-corrected chi connectivity index (χ2v) is 3.07. The normalized spacial score (nSPS) is 10.0. The lowest BCUT2D eigenvalue weighted by atomic mass is 10.1. The van der Waals surface area contributed by atoms with Gasteiger partial charge in [-0.3, -0.25) is 4.79 Å². The van der Waals surface area contributed by atoms with Gasteiger partial charge in [0, 0.05) is 6.42 Å². The van der Waals surface area contributed by atoms with Crippen molar-refractivity contribution >= 4 is 5.97 Å². The van der Waals surface area contributed by atoms with E-state index in [1.807, 2.05) is 0 Å². The summed E-state index contributed by atoms with van der Waals surface area (Å²) in [5.74, 6) is -0.644. The van der Waals surface area contributed by atoms with Gasteiger partial charge < -0.3 is 9.84 Å². The number of aliphatic hydroxyl groups is 1. The molecule has 0 saturated heterocycles. The number of ether oxygens (including phenoxy) is 1. The third kappa shape index (κ3) is 4.56. The second-order valence-electron chi connectivity index (χ2n) is 3.07. The zero-order valence-electron chi connectivity index (χ0n) is 8.28. The maximum Gasteiger partial charge on any atom is 0.306 e. The van der Waals surface area contributed by atoms with E-state index in [-0.39, 0.29) is 31.4 Å². The van der Waals surface area contributed by atoms with Crippen molar-refractivity contribution in [1.29, 1.82) is 0 Å². The van der Waals surface area contributed by atoms with E-state index < -0.39 is 0 Å². The van der Waals surface area contributed by atoms with E-state index in [1.54, 1.807) is 12.1 Å². The summed E-state index contributed by atoms with van der Waals surface area (Å²) in [6, 6.07) is 5.98. The molecule has 0 atom stereocenters. The van der Waals surface area contributed by atoms with Gasteiger partial charge in [-0.2, -0.15) is 0 Å². The molecule has 0 aliphatic heterocycles. The van der Waals surface area contributed by atoms with E-state index in [2.05, 4.69) is 4.74 Å². The number of aliphatic hydroxyl groups excluding tert-OH is 1. The minimum Gasteiger partial charge on any atom is -0.463 e. The lowest BCUT2D eigenvalue weighted by Gasteiger charge is -2.02. The summed E-state index contributed by atoms with van der Waals surface area (Å²) in [6.07, 6.45) is 0.760. The van der Waals surface area contributed by atoms with Crippen molar-refractivity contribution in [3.63, 3.8) is 0 Å². The van der Waals surface area contributed by atoms with E-state index in [9.17, 15) is 9.18 Å². The van der Waals surface area contributed by atoms with Gasteiger partial charge in [-0.25, -0.2) is 4.39 Å². The van der Waals surface area contributed by atoms with Crippen molar-refractivity contribution in [1.82, 2.24) is 0 Å². The Morgan fingerprint density at radius 2 is 2.00 bits per heavy atom. The molecule has 4 heteroatoms. The lowest BCUT2D eigenvalue weighted by Crippen LogP contribution is -2.09. The maximum atomic E-state index is 12.5. The number of hydrogen-bond acceptors (Lipinski definition) is 3. The van der Waals surface area contributed by atoms with Crippen molar-refractivity contribution in [2.75, 3.05) is 13.2 Å². The first-order chi connectivity index (χ1) is 7.22. The first kappa shape index (κ1) is 11.7. The van der Waals surface area contributed by atoms with Crippen LogP contribution in [0.4, 0.5) is 4.39 Å². The summed E-state index contributed by atoms with van der Waals surface area (Å²) in [7, 11) is 0. The summed E-state index contributed by atoms with van der Waals surface area (Å²) < 4.78 is 17.2. The average Bonchev–Trinajstić information content (AvgIpc) is 2.25. The van der Waals surface area contributed by atoms with Crippen LogP contribution in [0.3, 0.4) is 0 Å². The van der Waals surface area contributed by atoms with Crippen LogP contribution in [0.15, 0.2) is 24.3 Å². The first-order valence-electron chi connectivity index (χ1n) is 4.73. The fraction of sp³-hybridized carbons (Fsp3) is 0.364. The Morgan fingerprint density at radius 3 is 2.60 bits per heavy atom. The van der Waals surface area contributed by atoms with Crippen molar-refractivity contribution in [2.24, 2.45) is 0 Å². The molecule has 1 N–H and O–H groups in total. The molecular formula is C11H13FO3. The molecule has 0 bridgehead atoms. The number of benzene rings is 1. The number of esters is 1. The summed E-state index contributed by atoms with van der Waals surface area (Å²) >= 11 is 0. The largest absolute Gasteiger partial charge is 0.463 e. The number of aryl methyl sites for hydroxylation is 1. The van der Waals surface area contributed by atoms with Gasteiger partial charge in [0.15, 0.2) is 0 Å². The van der Waals surface area contributed by atoms with Gasteiger partial charge in [0.1, 0.15) is 12.4 Å². The molecule has 3 nitrogen and oxygen atoms in total. The van der Waals surface area contributed by atoms with Crippen molar-refractivity contribution < 1.29 is 19.0 Å². The van der Waals surface area contributed by atoms with Crippen LogP contribution >= 0.6 is 0 Å². The zero-order chi connectivity index (χ0) is 11.1. The van der Waals surface area contributed by atoms with Crippen LogP contribution in [0.5, 0.6) is 0 Å². The SMILES string of the molecule is O=C(CCc1ccc(F)cc1)OCCO. The number of carbonyl (C=O) groups is 1. The van der Waals surface area contributed by atoms with Crippen LogP contribution in [-0.2, 0) is 16.0 Å². The van der Waals surface area contributed by atoms with E-state index in [0.717, 1.165) is 5.56 Å². The van der Waals surface area contributed by atoms with Crippen LogP contribution in [0.25, 0.3) is 0 Å². The molecule has 1 aromatic carbocycles. The Bertz CT molecular complexity index is 308. The van der Waals surface area contributed by atoms with Gasteiger partial charge in [0.05, 0.1) is 6.61 Å². The van der Waals surface area contributed by atoms with E-state index >= 15 is 0 Å². The molecule has 0 spiro atoms. The Kier molecular flexibility index (Phi) is 4.77. The fourth-order valence-corrected chi connectivity index (χ4v) is 1.13. The Balaban J connectivity index is 2.30. The molecule has 0 fully saturated rings. The van der Waals surface area contributed by atoms with Crippen LogP contribution in [0, 0.1) is 5.82 Å². The molecule has 0 aliphatic carbocycles. The first-order valence-corrected chi connectivity index (χ1v) is 4.73. The molecule has 0 saturated carbocycles. The van der Waals surface area contributed by atoms with Crippen LogP contribution in [0.1, 0.15) is 12.0 Å². The molecule has 0 heterocycles. The predicted molar refractivity (Wildman–Crippen MR) is 52.8 cm³/mol. The molecule has 0 radical (unpaired) electrons. The minimum absolute atomic E-state index is 0.0300. The van der Waals surface area contributed by atoms with E-state index in [4.69, 9.17) is 5.11 Å². The molecule has 1 aromatic rings. The molecule has 0 unspecified atom stereocenters. The zero-order valence-corrected chi connectivity index (χ0v) is 8.28. The summed E-state index contributed by atoms with van der Waals surface area (Å²) in [5.41, 5.74) is 0.886. The molecule has 0 amide bonds. The van der Waals surface area contributed by atoms with Crippen molar-refractivity contribution in [3.8, 4) is 0 Å². The maximum absolute atomic E-state index is 12.5. The molecule has 0 aliphatic rings. The van der Waals surface area contributed by atoms with Gasteiger partial charge in [0.2, 0.25) is 0 Å². The smallest absolute Gasteiger partial charge is 0.306 e. The van der Waals surface area contributed by atoms with Crippen LogP contribution in [0.2, 0.25) is 0 Å². The number of rotatable bonds is 5. The highest BCUT2D eigenvalue weighted by Gasteiger charge is 2.03. The standard InChI is InChI=1S/C11H13FO3/c12-10-4-1-9(2-5-10)3-6-11(14)15-8-7-13/h1-2,4-5,13H,3,6-8H2. The topological polar surface area (TPSA) is 46.5 Å². The summed E-state index contributed by atoms with van der Waals surface area (Å²) in [5, 5.41) is 8.41. The Labute approximate surface area is 87.5 Å². The fourth-order valence-electron chi connectivity index (χ4n) is 1.13. The molecule has 0 aromatic heterocycles. The van der Waals surface area contributed by atoms with Crippen molar-refractivity contribution in [2.45, 2.75) is 12.8 Å². The highest BCUT2D eigenvalue weighted by molar-refractivity contribution is 5.69. The third-order valence-electron chi connectivity index (χ3n) is 1.89. The summed E-state index contributed by atoms with van der Waals surface area (Å²) in [4.78, 5) is 11.0. The van der Waals surface area contributed by atoms with Gasteiger partial charge >= 0.3 is 5.97 Å². The number of halogens is 1. The quantitative estimate of drug-likeness (QED) is 0.748. The number of carbonyl (C=O) groups excluding carboxylic acids is 1. The van der Waals surface area contributed by atoms with Crippen LogP contribution in [-0.4, -0.2) is 24.3 Å².